The zero-order chi connectivity index (χ0) is 17.3. The summed E-state index contributed by atoms with van der Waals surface area (Å²) in [4.78, 5) is 25.6. The van der Waals surface area contributed by atoms with Crippen LogP contribution in [-0.4, -0.2) is 43.1 Å². The molecule has 1 saturated heterocycles. The summed E-state index contributed by atoms with van der Waals surface area (Å²) < 4.78 is 18.7. The Labute approximate surface area is 140 Å². The number of methoxy groups -OCH3 is 1. The number of halogens is 1. The summed E-state index contributed by atoms with van der Waals surface area (Å²) in [7, 11) is 1.40. The van der Waals surface area contributed by atoms with Crippen LogP contribution in [0.4, 0.5) is 14.9 Å². The van der Waals surface area contributed by atoms with E-state index in [1.54, 1.807) is 17.9 Å². The fourth-order valence-electron chi connectivity index (χ4n) is 2.87. The molecule has 0 radical (unpaired) electrons. The standard InChI is InChI=1S/C17H22FN3O3/c1-10-6-15(24-2)13(18)7-14(10)20-17(23)21-8-12(9-21)19-16(22)11-4-3-5-11/h6-7,11-12H,3-5,8-9H2,1-2H3,(H,19,22)(H,20,23). The third-order valence-electron chi connectivity index (χ3n) is 4.73. The fourth-order valence-corrected chi connectivity index (χ4v) is 2.87. The first-order valence-corrected chi connectivity index (χ1v) is 8.18. The van der Waals surface area contributed by atoms with Crippen LogP contribution in [0.2, 0.25) is 0 Å². The van der Waals surface area contributed by atoms with Crippen LogP contribution in [0, 0.1) is 18.7 Å². The Balaban J connectivity index is 1.50. The average molecular weight is 335 g/mol. The van der Waals surface area contributed by atoms with E-state index in [2.05, 4.69) is 10.6 Å². The predicted molar refractivity (Wildman–Crippen MR) is 87.6 cm³/mol. The van der Waals surface area contributed by atoms with Gasteiger partial charge in [0.1, 0.15) is 0 Å². The molecule has 0 aromatic heterocycles. The van der Waals surface area contributed by atoms with Crippen LogP contribution in [0.15, 0.2) is 12.1 Å². The van der Waals surface area contributed by atoms with Crippen molar-refractivity contribution in [2.24, 2.45) is 5.92 Å². The Kier molecular flexibility index (Phi) is 4.59. The number of amides is 3. The first kappa shape index (κ1) is 16.5. The van der Waals surface area contributed by atoms with E-state index < -0.39 is 5.82 Å². The Morgan fingerprint density at radius 1 is 1.29 bits per heavy atom. The van der Waals surface area contributed by atoms with Gasteiger partial charge in [-0.2, -0.15) is 0 Å². The molecular formula is C17H22FN3O3. The van der Waals surface area contributed by atoms with Crippen molar-refractivity contribution in [3.05, 3.63) is 23.5 Å². The third-order valence-corrected chi connectivity index (χ3v) is 4.73. The van der Waals surface area contributed by atoms with Crippen LogP contribution in [0.5, 0.6) is 5.75 Å². The number of anilines is 1. The maximum absolute atomic E-state index is 13.8. The van der Waals surface area contributed by atoms with E-state index in [9.17, 15) is 14.0 Å². The number of benzene rings is 1. The van der Waals surface area contributed by atoms with Crippen molar-refractivity contribution in [2.45, 2.75) is 32.2 Å². The lowest BCUT2D eigenvalue weighted by atomic mass is 9.84. The first-order chi connectivity index (χ1) is 11.5. The minimum Gasteiger partial charge on any atom is -0.494 e. The van der Waals surface area contributed by atoms with Crippen molar-refractivity contribution < 1.29 is 18.7 Å². The number of rotatable bonds is 4. The second kappa shape index (κ2) is 6.67. The minimum absolute atomic E-state index is 0.0116. The second-order valence-electron chi connectivity index (χ2n) is 6.47. The van der Waals surface area contributed by atoms with Crippen molar-refractivity contribution in [3.8, 4) is 5.75 Å². The maximum atomic E-state index is 13.8. The van der Waals surface area contributed by atoms with Crippen molar-refractivity contribution >= 4 is 17.6 Å². The molecule has 1 aromatic carbocycles. The Bertz CT molecular complexity index is 655. The number of ether oxygens (including phenoxy) is 1. The molecule has 0 unspecified atom stereocenters. The molecule has 1 heterocycles. The molecule has 130 valence electrons. The Morgan fingerprint density at radius 2 is 2.00 bits per heavy atom. The molecule has 6 nitrogen and oxygen atoms in total. The highest BCUT2D eigenvalue weighted by molar-refractivity contribution is 5.91. The van der Waals surface area contributed by atoms with Crippen LogP contribution >= 0.6 is 0 Å². The zero-order valence-corrected chi connectivity index (χ0v) is 13.9. The molecule has 1 aromatic rings. The number of hydrogen-bond donors (Lipinski definition) is 2. The van der Waals surface area contributed by atoms with Gasteiger partial charge in [-0.15, -0.1) is 0 Å². The van der Waals surface area contributed by atoms with Crippen molar-refractivity contribution in [2.75, 3.05) is 25.5 Å². The molecule has 1 aliphatic carbocycles. The van der Waals surface area contributed by atoms with E-state index in [0.29, 0.717) is 18.8 Å². The number of carbonyl (C=O) groups excluding carboxylic acids is 2. The van der Waals surface area contributed by atoms with Gasteiger partial charge in [0.15, 0.2) is 11.6 Å². The van der Waals surface area contributed by atoms with Crippen LogP contribution in [0.1, 0.15) is 24.8 Å². The van der Waals surface area contributed by atoms with Crippen LogP contribution < -0.4 is 15.4 Å². The van der Waals surface area contributed by atoms with Crippen molar-refractivity contribution in [3.63, 3.8) is 0 Å². The summed E-state index contributed by atoms with van der Waals surface area (Å²) >= 11 is 0. The second-order valence-corrected chi connectivity index (χ2v) is 6.47. The highest BCUT2D eigenvalue weighted by Crippen LogP contribution is 2.27. The third kappa shape index (κ3) is 3.29. The number of likely N-dealkylation sites (tertiary alicyclic amines) is 1. The normalized spacial score (nSPS) is 17.7. The monoisotopic (exact) mass is 335 g/mol. The zero-order valence-electron chi connectivity index (χ0n) is 13.9. The summed E-state index contributed by atoms with van der Waals surface area (Å²) in [5, 5.41) is 5.67. The lowest BCUT2D eigenvalue weighted by molar-refractivity contribution is -0.129. The van der Waals surface area contributed by atoms with E-state index in [4.69, 9.17) is 4.74 Å². The highest BCUT2D eigenvalue weighted by atomic mass is 19.1. The first-order valence-electron chi connectivity index (χ1n) is 8.18. The SMILES string of the molecule is COc1cc(C)c(NC(=O)N2CC(NC(=O)C3CCC3)C2)cc1F. The molecule has 2 aliphatic rings. The molecule has 3 amide bonds. The summed E-state index contributed by atoms with van der Waals surface area (Å²) in [6.45, 7) is 2.72. The van der Waals surface area contributed by atoms with Crippen molar-refractivity contribution in [1.29, 1.82) is 0 Å². The van der Waals surface area contributed by atoms with Gasteiger partial charge in [0.05, 0.1) is 13.2 Å². The highest BCUT2D eigenvalue weighted by Gasteiger charge is 2.34. The predicted octanol–water partition coefficient (Wildman–Crippen LogP) is 2.28. The van der Waals surface area contributed by atoms with Gasteiger partial charge < -0.3 is 20.3 Å². The molecule has 0 atom stereocenters. The van der Waals surface area contributed by atoms with Crippen molar-refractivity contribution in [1.82, 2.24) is 10.2 Å². The molecule has 1 aliphatic heterocycles. The lowest BCUT2D eigenvalue weighted by Gasteiger charge is -2.40. The van der Waals surface area contributed by atoms with Gasteiger partial charge >= 0.3 is 6.03 Å². The molecule has 7 heteroatoms. The Morgan fingerprint density at radius 3 is 2.58 bits per heavy atom. The van der Waals surface area contributed by atoms with E-state index >= 15 is 0 Å². The minimum atomic E-state index is -0.521. The summed E-state index contributed by atoms with van der Waals surface area (Å²) in [5.74, 6) is -0.127. The maximum Gasteiger partial charge on any atom is 0.321 e. The smallest absolute Gasteiger partial charge is 0.321 e. The number of hydrogen-bond acceptors (Lipinski definition) is 3. The molecule has 24 heavy (non-hydrogen) atoms. The quantitative estimate of drug-likeness (QED) is 0.887. The molecular weight excluding hydrogens is 313 g/mol. The summed E-state index contributed by atoms with van der Waals surface area (Å²) in [6, 6.07) is 2.51. The molecule has 2 fully saturated rings. The molecule has 1 saturated carbocycles. The topological polar surface area (TPSA) is 70.7 Å². The summed E-state index contributed by atoms with van der Waals surface area (Å²) in [5.41, 5.74) is 1.14. The van der Waals surface area contributed by atoms with Gasteiger partial charge in [-0.05, 0) is 31.4 Å². The van der Waals surface area contributed by atoms with Gasteiger partial charge in [-0.1, -0.05) is 6.42 Å². The van der Waals surface area contributed by atoms with E-state index in [1.165, 1.54) is 13.2 Å². The van der Waals surface area contributed by atoms with Crippen LogP contribution in [-0.2, 0) is 4.79 Å². The van der Waals surface area contributed by atoms with Gasteiger partial charge in [-0.25, -0.2) is 9.18 Å². The number of nitrogens with one attached hydrogen (secondary N) is 2. The largest absolute Gasteiger partial charge is 0.494 e. The number of aryl methyl sites for hydroxylation is 1. The number of urea groups is 1. The van der Waals surface area contributed by atoms with E-state index in [0.717, 1.165) is 24.8 Å². The lowest BCUT2D eigenvalue weighted by Crippen LogP contribution is -2.62. The molecule has 0 spiro atoms. The van der Waals surface area contributed by atoms with Crippen LogP contribution in [0.25, 0.3) is 0 Å². The molecule has 2 N–H and O–H groups in total. The van der Waals surface area contributed by atoms with E-state index in [-0.39, 0.29) is 29.6 Å². The molecule has 3 rings (SSSR count). The Hall–Kier alpha value is -2.31. The fraction of sp³-hybridized carbons (Fsp3) is 0.529. The van der Waals surface area contributed by atoms with Crippen LogP contribution in [0.3, 0.4) is 0 Å². The average Bonchev–Trinajstić information content (AvgIpc) is 2.43. The molecule has 0 bridgehead atoms. The van der Waals surface area contributed by atoms with Gasteiger partial charge in [0, 0.05) is 30.8 Å². The number of carbonyl (C=O) groups is 2. The summed E-state index contributed by atoms with van der Waals surface area (Å²) in [6.07, 6.45) is 3.05. The van der Waals surface area contributed by atoms with Gasteiger partial charge in [-0.3, -0.25) is 4.79 Å². The van der Waals surface area contributed by atoms with Gasteiger partial charge in [0.25, 0.3) is 0 Å². The number of nitrogens with zero attached hydrogens (tertiary/aromatic N) is 1. The van der Waals surface area contributed by atoms with E-state index in [1.807, 2.05) is 0 Å². The van der Waals surface area contributed by atoms with Gasteiger partial charge in [0.2, 0.25) is 5.91 Å².